The molecule has 1 heterocycles. The van der Waals surface area contributed by atoms with E-state index in [-0.39, 0.29) is 17.1 Å². The Hall–Kier alpha value is -4.28. The van der Waals surface area contributed by atoms with Crippen LogP contribution in [0.3, 0.4) is 0 Å². The molecule has 0 spiro atoms. The summed E-state index contributed by atoms with van der Waals surface area (Å²) >= 11 is 0. The highest BCUT2D eigenvalue weighted by atomic mass is 16.6. The Morgan fingerprint density at radius 1 is 1.13 bits per heavy atom. The average Bonchev–Trinajstić information content (AvgIpc) is 3.16. The van der Waals surface area contributed by atoms with E-state index in [1.54, 1.807) is 13.0 Å². The zero-order valence-corrected chi connectivity index (χ0v) is 17.0. The van der Waals surface area contributed by atoms with Crippen molar-refractivity contribution in [2.24, 2.45) is 0 Å². The molecule has 0 saturated carbocycles. The maximum absolute atomic E-state index is 12.6. The van der Waals surface area contributed by atoms with Crippen molar-refractivity contribution in [1.82, 2.24) is 9.78 Å². The van der Waals surface area contributed by atoms with Crippen molar-refractivity contribution in [3.63, 3.8) is 0 Å². The number of non-ortho nitro benzene ring substituents is 1. The molecule has 31 heavy (non-hydrogen) atoms. The first-order valence-electron chi connectivity index (χ1n) is 9.25. The highest BCUT2D eigenvalue weighted by Gasteiger charge is 2.26. The molecule has 0 aliphatic heterocycles. The summed E-state index contributed by atoms with van der Waals surface area (Å²) in [5, 5.41) is 28.9. The van der Waals surface area contributed by atoms with Gasteiger partial charge < -0.3 is 10.1 Å². The van der Waals surface area contributed by atoms with Crippen LogP contribution >= 0.6 is 0 Å². The lowest BCUT2D eigenvalue weighted by atomic mass is 10.1. The Morgan fingerprint density at radius 3 is 2.52 bits per heavy atom. The van der Waals surface area contributed by atoms with Crippen molar-refractivity contribution in [2.45, 2.75) is 27.3 Å². The standard InChI is InChI=1S/C20H19N5O6/c1-4-23-11-17(25(29)30)19(22-23)20(26)21-14-8-15(24(27)28)10-16(9-14)31-18-7-12(2)5-6-13(18)3/h5-11H,4H2,1-3H3,(H,21,26). The number of aromatic nitrogens is 2. The van der Waals surface area contributed by atoms with Crippen LogP contribution in [-0.2, 0) is 6.54 Å². The number of anilines is 1. The van der Waals surface area contributed by atoms with Crippen LogP contribution < -0.4 is 10.1 Å². The molecule has 1 aromatic heterocycles. The van der Waals surface area contributed by atoms with Gasteiger partial charge in [-0.3, -0.25) is 29.7 Å². The number of ether oxygens (including phenoxy) is 1. The van der Waals surface area contributed by atoms with Gasteiger partial charge in [-0.05, 0) is 38.0 Å². The van der Waals surface area contributed by atoms with Crippen LogP contribution in [0.5, 0.6) is 11.5 Å². The number of rotatable bonds is 7. The first kappa shape index (κ1) is 21.4. The number of carbonyl (C=O) groups excluding carboxylic acids is 1. The minimum absolute atomic E-state index is 0.0415. The number of nitrogens with zero attached hydrogens (tertiary/aromatic N) is 4. The topological polar surface area (TPSA) is 142 Å². The van der Waals surface area contributed by atoms with Crippen molar-refractivity contribution in [1.29, 1.82) is 0 Å². The van der Waals surface area contributed by atoms with Gasteiger partial charge >= 0.3 is 5.69 Å². The first-order valence-corrected chi connectivity index (χ1v) is 9.25. The van der Waals surface area contributed by atoms with E-state index in [1.165, 1.54) is 16.8 Å². The Bertz CT molecular complexity index is 1190. The second kappa shape index (κ2) is 8.61. The Morgan fingerprint density at radius 2 is 1.87 bits per heavy atom. The number of benzene rings is 2. The number of hydrogen-bond donors (Lipinski definition) is 1. The van der Waals surface area contributed by atoms with Crippen LogP contribution in [0.15, 0.2) is 42.6 Å². The Labute approximate surface area is 176 Å². The first-order chi connectivity index (χ1) is 14.7. The van der Waals surface area contributed by atoms with Gasteiger partial charge in [0.1, 0.15) is 17.7 Å². The zero-order chi connectivity index (χ0) is 22.7. The fourth-order valence-electron chi connectivity index (χ4n) is 2.82. The molecule has 0 saturated heterocycles. The van der Waals surface area contributed by atoms with Gasteiger partial charge in [0.25, 0.3) is 11.6 Å². The molecule has 0 fully saturated rings. The summed E-state index contributed by atoms with van der Waals surface area (Å²) in [5.74, 6) is -0.223. The predicted octanol–water partition coefficient (Wildman–Crippen LogP) is 4.38. The van der Waals surface area contributed by atoms with Crippen LogP contribution in [0.4, 0.5) is 17.1 Å². The number of hydrogen-bond acceptors (Lipinski definition) is 7. The van der Waals surface area contributed by atoms with Gasteiger partial charge in [0.05, 0.1) is 21.6 Å². The van der Waals surface area contributed by atoms with Crippen LogP contribution in [0.2, 0.25) is 0 Å². The molecule has 0 bridgehead atoms. The van der Waals surface area contributed by atoms with E-state index in [1.807, 2.05) is 26.0 Å². The smallest absolute Gasteiger partial charge is 0.320 e. The van der Waals surface area contributed by atoms with Gasteiger partial charge in [0, 0.05) is 18.7 Å². The molecule has 0 atom stereocenters. The molecule has 0 aliphatic carbocycles. The molecule has 1 N–H and O–H groups in total. The van der Waals surface area contributed by atoms with Gasteiger partial charge in [-0.15, -0.1) is 0 Å². The van der Waals surface area contributed by atoms with Crippen LogP contribution in [0, 0.1) is 34.1 Å². The van der Waals surface area contributed by atoms with Crippen molar-refractivity contribution in [2.75, 3.05) is 5.32 Å². The maximum atomic E-state index is 12.6. The van der Waals surface area contributed by atoms with Gasteiger partial charge in [-0.25, -0.2) is 0 Å². The highest BCUT2D eigenvalue weighted by Crippen LogP contribution is 2.32. The lowest BCUT2D eigenvalue weighted by Gasteiger charge is -2.11. The Kier molecular flexibility index (Phi) is 5.95. The summed E-state index contributed by atoms with van der Waals surface area (Å²) in [6.45, 7) is 5.76. The van der Waals surface area contributed by atoms with Crippen LogP contribution in [0.25, 0.3) is 0 Å². The molecule has 11 heteroatoms. The molecule has 2 aromatic carbocycles. The second-order valence-corrected chi connectivity index (χ2v) is 6.77. The van der Waals surface area contributed by atoms with E-state index in [9.17, 15) is 25.0 Å². The summed E-state index contributed by atoms with van der Waals surface area (Å²) < 4.78 is 7.07. The van der Waals surface area contributed by atoms with E-state index in [2.05, 4.69) is 10.4 Å². The molecule has 3 aromatic rings. The predicted molar refractivity (Wildman–Crippen MR) is 112 cm³/mol. The van der Waals surface area contributed by atoms with Crippen molar-refractivity contribution < 1.29 is 19.4 Å². The molecular formula is C20H19N5O6. The van der Waals surface area contributed by atoms with Crippen LogP contribution in [-0.4, -0.2) is 25.5 Å². The fraction of sp³-hybridized carbons (Fsp3) is 0.200. The third-order valence-electron chi connectivity index (χ3n) is 4.41. The largest absolute Gasteiger partial charge is 0.457 e. The van der Waals surface area contributed by atoms with Gasteiger partial charge in [-0.2, -0.15) is 5.10 Å². The lowest BCUT2D eigenvalue weighted by Crippen LogP contribution is -2.15. The van der Waals surface area contributed by atoms with Gasteiger partial charge in [0.15, 0.2) is 0 Å². The summed E-state index contributed by atoms with van der Waals surface area (Å²) in [6, 6.07) is 9.31. The summed E-state index contributed by atoms with van der Waals surface area (Å²) in [4.78, 5) is 33.9. The minimum Gasteiger partial charge on any atom is -0.457 e. The van der Waals surface area contributed by atoms with E-state index >= 15 is 0 Å². The van der Waals surface area contributed by atoms with Crippen LogP contribution in [0.1, 0.15) is 28.5 Å². The third kappa shape index (κ3) is 4.83. The fourth-order valence-corrected chi connectivity index (χ4v) is 2.82. The molecule has 0 aliphatic rings. The Balaban J connectivity index is 1.95. The average molecular weight is 425 g/mol. The molecule has 0 radical (unpaired) electrons. The van der Waals surface area contributed by atoms with Gasteiger partial charge in [0.2, 0.25) is 5.69 Å². The number of carbonyl (C=O) groups is 1. The minimum atomic E-state index is -0.864. The van der Waals surface area contributed by atoms with Crippen molar-refractivity contribution in [3.05, 3.63) is 79.6 Å². The van der Waals surface area contributed by atoms with E-state index in [4.69, 9.17) is 4.74 Å². The maximum Gasteiger partial charge on any atom is 0.320 e. The van der Waals surface area contributed by atoms with E-state index in [0.29, 0.717) is 12.3 Å². The molecule has 160 valence electrons. The SMILES string of the molecule is CCn1cc([N+](=O)[O-])c(C(=O)Nc2cc(Oc3cc(C)ccc3C)cc([N+](=O)[O-])c2)n1. The molecule has 0 unspecified atom stereocenters. The van der Waals surface area contributed by atoms with Crippen molar-refractivity contribution in [3.8, 4) is 11.5 Å². The summed E-state index contributed by atoms with van der Waals surface area (Å²) in [6.07, 6.45) is 1.15. The highest BCUT2D eigenvalue weighted by molar-refractivity contribution is 6.05. The quantitative estimate of drug-likeness (QED) is 0.437. The molecule has 1 amide bonds. The number of nitro benzene ring substituents is 1. The van der Waals surface area contributed by atoms with E-state index < -0.39 is 27.1 Å². The number of aryl methyl sites for hydroxylation is 3. The number of nitro groups is 2. The second-order valence-electron chi connectivity index (χ2n) is 6.77. The number of amides is 1. The summed E-state index contributed by atoms with van der Waals surface area (Å²) in [7, 11) is 0. The van der Waals surface area contributed by atoms with Crippen molar-refractivity contribution >= 4 is 23.0 Å². The lowest BCUT2D eigenvalue weighted by molar-refractivity contribution is -0.385. The van der Waals surface area contributed by atoms with Gasteiger partial charge in [-0.1, -0.05) is 12.1 Å². The normalized spacial score (nSPS) is 10.5. The molecule has 3 rings (SSSR count). The number of nitrogens with one attached hydrogen (secondary N) is 1. The summed E-state index contributed by atoms with van der Waals surface area (Å²) in [5.41, 5.74) is 0.639. The van der Waals surface area contributed by atoms with E-state index in [0.717, 1.165) is 23.4 Å². The monoisotopic (exact) mass is 425 g/mol. The zero-order valence-electron chi connectivity index (χ0n) is 17.0. The molecular weight excluding hydrogens is 406 g/mol. The third-order valence-corrected chi connectivity index (χ3v) is 4.41. The molecule has 11 nitrogen and oxygen atoms in total.